The number of benzene rings is 1. The van der Waals surface area contributed by atoms with Crippen molar-refractivity contribution in [3.05, 3.63) is 40.8 Å². The van der Waals surface area contributed by atoms with Gasteiger partial charge in [-0.25, -0.2) is 0 Å². The van der Waals surface area contributed by atoms with E-state index in [0.29, 0.717) is 17.2 Å². The molecule has 6 nitrogen and oxygen atoms in total. The quantitative estimate of drug-likeness (QED) is 0.875. The first-order chi connectivity index (χ1) is 8.65. The van der Waals surface area contributed by atoms with Crippen molar-refractivity contribution < 1.29 is 14.6 Å². The molecule has 0 amide bonds. The molecule has 0 fully saturated rings. The Hall–Kier alpha value is -2.50. The van der Waals surface area contributed by atoms with E-state index in [4.69, 9.17) is 14.6 Å². The van der Waals surface area contributed by atoms with Crippen LogP contribution in [-0.4, -0.2) is 29.1 Å². The third kappa shape index (κ3) is 2.13. The van der Waals surface area contributed by atoms with Gasteiger partial charge in [0.05, 0.1) is 20.4 Å². The maximum atomic E-state index is 11.7. The molecule has 1 aromatic heterocycles. The second kappa shape index (κ2) is 4.79. The molecule has 1 aromatic carbocycles. The van der Waals surface area contributed by atoms with Crippen molar-refractivity contribution in [1.29, 1.82) is 0 Å². The van der Waals surface area contributed by atoms with E-state index < -0.39 is 5.56 Å². The third-order valence-electron chi connectivity index (χ3n) is 2.40. The highest BCUT2D eigenvalue weighted by Crippen LogP contribution is 2.26. The van der Waals surface area contributed by atoms with Crippen molar-refractivity contribution >= 4 is 0 Å². The number of nitrogens with zero attached hydrogens (tertiary/aromatic N) is 2. The van der Waals surface area contributed by atoms with Gasteiger partial charge < -0.3 is 14.6 Å². The molecule has 0 bridgehead atoms. The molecule has 1 N–H and O–H groups in total. The van der Waals surface area contributed by atoms with E-state index >= 15 is 0 Å². The monoisotopic (exact) mass is 248 g/mol. The van der Waals surface area contributed by atoms with Crippen LogP contribution in [0.2, 0.25) is 0 Å². The second-order valence-corrected chi connectivity index (χ2v) is 3.50. The molecule has 2 rings (SSSR count). The van der Waals surface area contributed by atoms with E-state index in [9.17, 15) is 4.79 Å². The van der Waals surface area contributed by atoms with Crippen LogP contribution in [0.4, 0.5) is 0 Å². The molecule has 0 unspecified atom stereocenters. The summed E-state index contributed by atoms with van der Waals surface area (Å²) in [6, 6.07) is 6.08. The zero-order chi connectivity index (χ0) is 13.1. The summed E-state index contributed by atoms with van der Waals surface area (Å²) in [5.74, 6) is 0.890. The summed E-state index contributed by atoms with van der Waals surface area (Å²) in [6.07, 6.45) is 1.19. The molecule has 0 saturated heterocycles. The van der Waals surface area contributed by atoms with Crippen molar-refractivity contribution in [3.8, 4) is 22.9 Å². The normalized spacial score (nSPS) is 10.1. The molecular formula is C12H12N2O4. The fourth-order valence-electron chi connectivity index (χ4n) is 1.54. The minimum absolute atomic E-state index is 0.177. The van der Waals surface area contributed by atoms with Gasteiger partial charge in [0.2, 0.25) is 0 Å². The first kappa shape index (κ1) is 12.0. The predicted octanol–water partition coefficient (Wildman–Crippen LogP) is 0.955. The summed E-state index contributed by atoms with van der Waals surface area (Å²) in [6.45, 7) is 0. The van der Waals surface area contributed by atoms with E-state index in [2.05, 4.69) is 5.10 Å². The molecule has 0 aliphatic carbocycles. The standard InChI is InChI=1S/C12H12N2O4/c1-17-9-3-4-10(11(6-9)18-2)14-12(16)5-8(15)7-13-14/h3-7,15H,1-2H3. The number of ether oxygens (including phenoxy) is 2. The van der Waals surface area contributed by atoms with Gasteiger partial charge in [-0.2, -0.15) is 9.78 Å². The molecule has 0 aliphatic heterocycles. The minimum Gasteiger partial charge on any atom is -0.506 e. The SMILES string of the molecule is COc1ccc(-n2ncc(O)cc2=O)c(OC)c1. The van der Waals surface area contributed by atoms with Gasteiger partial charge in [0, 0.05) is 12.1 Å². The number of hydrogen-bond acceptors (Lipinski definition) is 5. The van der Waals surface area contributed by atoms with Crippen molar-refractivity contribution in [2.75, 3.05) is 14.2 Å². The Kier molecular flexibility index (Phi) is 3.18. The topological polar surface area (TPSA) is 73.6 Å². The lowest BCUT2D eigenvalue weighted by Crippen LogP contribution is -2.19. The summed E-state index contributed by atoms with van der Waals surface area (Å²) in [4.78, 5) is 11.7. The van der Waals surface area contributed by atoms with Gasteiger partial charge in [0.1, 0.15) is 22.9 Å². The summed E-state index contributed by atoms with van der Waals surface area (Å²) in [7, 11) is 3.03. The van der Waals surface area contributed by atoms with Crippen molar-refractivity contribution in [2.24, 2.45) is 0 Å². The molecule has 0 atom stereocenters. The zero-order valence-corrected chi connectivity index (χ0v) is 9.95. The Labute approximate surface area is 103 Å². The zero-order valence-electron chi connectivity index (χ0n) is 9.95. The largest absolute Gasteiger partial charge is 0.506 e. The Balaban J connectivity index is 2.60. The number of aromatic hydroxyl groups is 1. The Morgan fingerprint density at radius 1 is 1.22 bits per heavy atom. The Bertz CT molecular complexity index is 622. The van der Waals surface area contributed by atoms with Crippen LogP contribution < -0.4 is 15.0 Å². The lowest BCUT2D eigenvalue weighted by Gasteiger charge is -2.11. The number of hydrogen-bond donors (Lipinski definition) is 1. The molecular weight excluding hydrogens is 236 g/mol. The fraction of sp³-hybridized carbons (Fsp3) is 0.167. The van der Waals surface area contributed by atoms with Crippen LogP contribution in [0.25, 0.3) is 5.69 Å². The van der Waals surface area contributed by atoms with Crippen LogP contribution in [-0.2, 0) is 0 Å². The lowest BCUT2D eigenvalue weighted by molar-refractivity contribution is 0.392. The van der Waals surface area contributed by atoms with E-state index in [1.165, 1.54) is 13.3 Å². The highest BCUT2D eigenvalue weighted by Gasteiger charge is 2.09. The van der Waals surface area contributed by atoms with Gasteiger partial charge >= 0.3 is 0 Å². The van der Waals surface area contributed by atoms with Gasteiger partial charge in [0.25, 0.3) is 5.56 Å². The van der Waals surface area contributed by atoms with E-state index in [1.807, 2.05) is 0 Å². The van der Waals surface area contributed by atoms with Crippen molar-refractivity contribution in [2.45, 2.75) is 0 Å². The number of aromatic nitrogens is 2. The second-order valence-electron chi connectivity index (χ2n) is 3.50. The fourth-order valence-corrected chi connectivity index (χ4v) is 1.54. The Morgan fingerprint density at radius 2 is 2.00 bits per heavy atom. The van der Waals surface area contributed by atoms with Crippen LogP contribution in [0.15, 0.2) is 35.3 Å². The molecule has 6 heteroatoms. The summed E-state index contributed by atoms with van der Waals surface area (Å²) in [5, 5.41) is 13.0. The minimum atomic E-state index is -0.446. The van der Waals surface area contributed by atoms with Gasteiger partial charge in [0.15, 0.2) is 0 Å². The molecule has 18 heavy (non-hydrogen) atoms. The van der Waals surface area contributed by atoms with Gasteiger partial charge in [-0.3, -0.25) is 4.79 Å². The van der Waals surface area contributed by atoms with Gasteiger partial charge in [-0.1, -0.05) is 0 Å². The summed E-state index contributed by atoms with van der Waals surface area (Å²) < 4.78 is 11.4. The van der Waals surface area contributed by atoms with Crippen LogP contribution >= 0.6 is 0 Å². The molecule has 2 aromatic rings. The third-order valence-corrected chi connectivity index (χ3v) is 2.40. The van der Waals surface area contributed by atoms with E-state index in [1.54, 1.807) is 25.3 Å². The van der Waals surface area contributed by atoms with Crippen LogP contribution in [0.5, 0.6) is 17.2 Å². The van der Waals surface area contributed by atoms with Crippen LogP contribution in [0, 0.1) is 0 Å². The maximum Gasteiger partial charge on any atom is 0.275 e. The lowest BCUT2D eigenvalue weighted by atomic mass is 10.2. The molecule has 0 spiro atoms. The average Bonchev–Trinajstić information content (AvgIpc) is 2.38. The van der Waals surface area contributed by atoms with Crippen LogP contribution in [0.3, 0.4) is 0 Å². The molecule has 94 valence electrons. The highest BCUT2D eigenvalue weighted by molar-refractivity contribution is 5.50. The summed E-state index contributed by atoms with van der Waals surface area (Å²) >= 11 is 0. The van der Waals surface area contributed by atoms with Crippen LogP contribution in [0.1, 0.15) is 0 Å². The number of rotatable bonds is 3. The van der Waals surface area contributed by atoms with Gasteiger partial charge in [-0.05, 0) is 12.1 Å². The molecule has 1 heterocycles. The average molecular weight is 248 g/mol. The van der Waals surface area contributed by atoms with Crippen molar-refractivity contribution in [3.63, 3.8) is 0 Å². The Morgan fingerprint density at radius 3 is 2.61 bits per heavy atom. The maximum absolute atomic E-state index is 11.7. The number of methoxy groups -OCH3 is 2. The summed E-state index contributed by atoms with van der Waals surface area (Å²) in [5.41, 5.74) is 0.0294. The molecule has 0 saturated carbocycles. The van der Waals surface area contributed by atoms with Gasteiger partial charge in [-0.15, -0.1) is 0 Å². The smallest absolute Gasteiger partial charge is 0.275 e. The van der Waals surface area contributed by atoms with Crippen molar-refractivity contribution in [1.82, 2.24) is 9.78 Å². The molecule has 0 radical (unpaired) electrons. The predicted molar refractivity (Wildman–Crippen MR) is 64.6 cm³/mol. The highest BCUT2D eigenvalue weighted by atomic mass is 16.5. The van der Waals surface area contributed by atoms with E-state index in [0.717, 1.165) is 10.7 Å². The first-order valence-electron chi connectivity index (χ1n) is 5.16. The van der Waals surface area contributed by atoms with E-state index in [-0.39, 0.29) is 5.75 Å². The molecule has 0 aliphatic rings. The first-order valence-corrected chi connectivity index (χ1v) is 5.16.